The van der Waals surface area contributed by atoms with Crippen molar-refractivity contribution in [1.29, 1.82) is 0 Å². The molecule has 66 heavy (non-hydrogen) atoms. The van der Waals surface area contributed by atoms with Crippen molar-refractivity contribution in [3.8, 4) is 11.5 Å². The Hall–Kier alpha value is -5.58. The number of anilines is 2. The van der Waals surface area contributed by atoms with Crippen molar-refractivity contribution in [2.75, 3.05) is 43.0 Å². The van der Waals surface area contributed by atoms with E-state index in [9.17, 15) is 23.3 Å². The summed E-state index contributed by atoms with van der Waals surface area (Å²) in [7, 11) is -4.61. The molecule has 3 N–H and O–H groups in total. The summed E-state index contributed by atoms with van der Waals surface area (Å²) < 4.78 is 42.3. The lowest BCUT2D eigenvalue weighted by molar-refractivity contribution is -0.384. The molecule has 2 atom stereocenters. The van der Waals surface area contributed by atoms with Crippen molar-refractivity contribution in [3.05, 3.63) is 106 Å². The molecule has 16 heteroatoms. The maximum Gasteiger partial charge on any atom is 0.312 e. The van der Waals surface area contributed by atoms with Gasteiger partial charge in [0.1, 0.15) is 22.0 Å². The summed E-state index contributed by atoms with van der Waals surface area (Å²) in [6.07, 6.45) is 15.5. The van der Waals surface area contributed by atoms with E-state index in [4.69, 9.17) is 9.47 Å². The average molecular weight is 917 g/mol. The first kappa shape index (κ1) is 44.3. The van der Waals surface area contributed by atoms with Gasteiger partial charge in [0.15, 0.2) is 0 Å². The Balaban J connectivity index is 0.838. The molecule has 5 aromatic rings. The number of fused-ring (bicyclic) bond motifs is 1. The zero-order valence-electron chi connectivity index (χ0n) is 38.0. The van der Waals surface area contributed by atoms with Crippen molar-refractivity contribution in [3.63, 3.8) is 0 Å². The van der Waals surface area contributed by atoms with Crippen LogP contribution in [0.2, 0.25) is 0 Å². The number of aromatic nitrogens is 3. The maximum absolute atomic E-state index is 14.0. The molecular formula is C50H60N8O7S. The molecule has 15 nitrogen and oxygen atoms in total. The molecule has 348 valence electrons. The molecule has 2 aromatic carbocycles. The van der Waals surface area contributed by atoms with Gasteiger partial charge >= 0.3 is 5.69 Å². The predicted molar refractivity (Wildman–Crippen MR) is 253 cm³/mol. The van der Waals surface area contributed by atoms with Gasteiger partial charge in [-0.2, -0.15) is 0 Å². The van der Waals surface area contributed by atoms with Gasteiger partial charge in [-0.25, -0.2) is 23.1 Å². The number of pyridine rings is 2. The number of benzene rings is 2. The van der Waals surface area contributed by atoms with E-state index in [1.165, 1.54) is 24.0 Å². The number of rotatable bonds is 13. The third kappa shape index (κ3) is 9.11. The fraction of sp³-hybridized carbons (Fsp3) is 0.500. The van der Waals surface area contributed by atoms with E-state index < -0.39 is 31.4 Å². The monoisotopic (exact) mass is 916 g/mol. The van der Waals surface area contributed by atoms with E-state index in [1.807, 2.05) is 12.1 Å². The zero-order chi connectivity index (χ0) is 45.8. The number of sulfonamides is 1. The highest BCUT2D eigenvalue weighted by Crippen LogP contribution is 2.54. The Bertz CT molecular complexity index is 2730. The Morgan fingerprint density at radius 3 is 2.45 bits per heavy atom. The number of carbonyl (C=O) groups excluding carboxylic acids is 1. The van der Waals surface area contributed by atoms with Crippen molar-refractivity contribution in [2.24, 2.45) is 16.7 Å². The molecule has 3 aromatic heterocycles. The van der Waals surface area contributed by atoms with Gasteiger partial charge in [-0.1, -0.05) is 38.1 Å². The lowest BCUT2D eigenvalue weighted by Gasteiger charge is -2.58. The molecule has 1 spiro atoms. The third-order valence-electron chi connectivity index (χ3n) is 15.3. The Labute approximate surface area is 386 Å². The number of aromatic amines is 1. The number of carbonyl (C=O) groups is 1. The SMILES string of the molecule is CC1OCCN(C2CC3(CCN(c4ccc(C(=O)NS(=O)(=O)c5cnc(NCC6CCC(C)(C)CC6)c([N+](=O)[O-])c5)c(Oc5cnc6[nH]ccc6c5)c4)CC3)C2)[C@H]1c1ccccc1C1CC1. The Kier molecular flexibility index (Phi) is 11.8. The number of H-pyrrole nitrogens is 1. The van der Waals surface area contributed by atoms with Crippen LogP contribution in [0, 0.1) is 26.9 Å². The quantitative estimate of drug-likeness (QED) is 0.0752. The average Bonchev–Trinajstić information content (AvgIpc) is 4.04. The van der Waals surface area contributed by atoms with Crippen LogP contribution in [0.25, 0.3) is 11.0 Å². The molecule has 2 aliphatic heterocycles. The van der Waals surface area contributed by atoms with Crippen LogP contribution in [0.3, 0.4) is 0 Å². The Morgan fingerprint density at radius 2 is 1.71 bits per heavy atom. The van der Waals surface area contributed by atoms with Gasteiger partial charge in [0.25, 0.3) is 15.9 Å². The highest BCUT2D eigenvalue weighted by molar-refractivity contribution is 7.90. The minimum Gasteiger partial charge on any atom is -0.455 e. The van der Waals surface area contributed by atoms with Crippen LogP contribution in [0.15, 0.2) is 84.1 Å². The molecule has 5 heterocycles. The minimum atomic E-state index is -4.61. The van der Waals surface area contributed by atoms with Gasteiger partial charge in [-0.15, -0.1) is 0 Å². The highest BCUT2D eigenvalue weighted by atomic mass is 32.2. The van der Waals surface area contributed by atoms with Crippen LogP contribution in [0.5, 0.6) is 11.5 Å². The summed E-state index contributed by atoms with van der Waals surface area (Å²) in [5.74, 6) is 0.548. The largest absolute Gasteiger partial charge is 0.455 e. The number of hydrogen-bond acceptors (Lipinski definition) is 12. The molecular weight excluding hydrogens is 857 g/mol. The van der Waals surface area contributed by atoms with Gasteiger partial charge in [0.2, 0.25) is 5.82 Å². The molecule has 3 saturated carbocycles. The van der Waals surface area contributed by atoms with Gasteiger partial charge in [0.05, 0.1) is 41.6 Å². The van der Waals surface area contributed by atoms with Crippen molar-refractivity contribution < 1.29 is 27.6 Å². The Morgan fingerprint density at radius 1 is 0.955 bits per heavy atom. The van der Waals surface area contributed by atoms with Crippen LogP contribution in [-0.4, -0.2) is 84.0 Å². The second-order valence-electron chi connectivity index (χ2n) is 20.3. The molecule has 1 unspecified atom stereocenters. The van der Waals surface area contributed by atoms with Crippen molar-refractivity contribution in [2.45, 2.75) is 114 Å². The standard InChI is InChI=1S/C50H60N8O7S/c1-32-45(41-7-5-4-6-40(41)34-8-9-34)57(22-23-64-32)37-27-50(28-37)17-20-56(21-18-50)36-10-11-42(44(25-36)65-38-24-35-14-19-51-46(35)53-30-38)48(59)55-66(62,63)39-26-43(58(60)61)47(54-31-39)52-29-33-12-15-49(2,3)16-13-33/h4-7,10-11,14,19,24-26,30-34,37,45H,8-9,12-13,15-18,20-23,27-29H2,1-3H3,(H,51,53)(H,52,54)(H,55,59)/t32?,45-/m1/s1. The first-order chi connectivity index (χ1) is 31.7. The zero-order valence-corrected chi connectivity index (χ0v) is 38.8. The first-order valence-corrected chi connectivity index (χ1v) is 25.1. The molecule has 10 rings (SSSR count). The van der Waals surface area contributed by atoms with Gasteiger partial charge in [-0.05, 0) is 129 Å². The van der Waals surface area contributed by atoms with E-state index in [0.29, 0.717) is 35.8 Å². The van der Waals surface area contributed by atoms with Crippen LogP contribution in [0.4, 0.5) is 17.2 Å². The number of nitrogens with one attached hydrogen (secondary N) is 3. The fourth-order valence-electron chi connectivity index (χ4n) is 11.1. The second-order valence-corrected chi connectivity index (χ2v) is 22.0. The van der Waals surface area contributed by atoms with Crippen LogP contribution >= 0.6 is 0 Å². The van der Waals surface area contributed by atoms with Crippen LogP contribution in [-0.2, 0) is 14.8 Å². The van der Waals surface area contributed by atoms with E-state index in [1.54, 1.807) is 30.6 Å². The molecule has 0 radical (unpaired) electrons. The summed E-state index contributed by atoms with van der Waals surface area (Å²) in [6.45, 7) is 10.6. The summed E-state index contributed by atoms with van der Waals surface area (Å²) in [5, 5.41) is 16.1. The summed E-state index contributed by atoms with van der Waals surface area (Å²) in [5.41, 5.74) is 4.49. The number of ether oxygens (including phenoxy) is 2. The molecule has 5 fully saturated rings. The van der Waals surface area contributed by atoms with Gasteiger partial charge < -0.3 is 24.7 Å². The number of hydrogen-bond donors (Lipinski definition) is 3. The second kappa shape index (κ2) is 17.6. The van der Waals surface area contributed by atoms with Gasteiger partial charge in [0, 0.05) is 61.6 Å². The van der Waals surface area contributed by atoms with Crippen LogP contribution < -0.4 is 19.7 Å². The smallest absolute Gasteiger partial charge is 0.312 e. The number of nitro groups is 1. The number of piperidine rings is 1. The highest BCUT2D eigenvalue weighted by Gasteiger charge is 2.51. The molecule has 5 aliphatic rings. The summed E-state index contributed by atoms with van der Waals surface area (Å²) in [4.78, 5) is 41.7. The first-order valence-electron chi connectivity index (χ1n) is 23.6. The van der Waals surface area contributed by atoms with Crippen molar-refractivity contribution in [1.82, 2.24) is 24.6 Å². The third-order valence-corrected chi connectivity index (χ3v) is 16.6. The minimum absolute atomic E-state index is 0.0131. The number of nitrogens with zero attached hydrogens (tertiary/aromatic N) is 5. The topological polar surface area (TPSA) is 185 Å². The van der Waals surface area contributed by atoms with Gasteiger partial charge in [-0.3, -0.25) is 19.8 Å². The van der Waals surface area contributed by atoms with E-state index in [0.717, 1.165) is 101 Å². The molecule has 1 amide bonds. The summed E-state index contributed by atoms with van der Waals surface area (Å²) in [6, 6.07) is 19.5. The lowest BCUT2D eigenvalue weighted by atomic mass is 9.59. The molecule has 0 bridgehead atoms. The number of morpholine rings is 1. The maximum atomic E-state index is 14.0. The van der Waals surface area contributed by atoms with Crippen molar-refractivity contribution >= 4 is 44.2 Å². The van der Waals surface area contributed by atoms with E-state index in [-0.39, 0.29) is 40.1 Å². The normalized spacial score (nSPS) is 22.5. The predicted octanol–water partition coefficient (Wildman–Crippen LogP) is 9.49. The van der Waals surface area contributed by atoms with Crippen LogP contribution in [0.1, 0.15) is 118 Å². The summed E-state index contributed by atoms with van der Waals surface area (Å²) >= 11 is 0. The fourth-order valence-corrected chi connectivity index (χ4v) is 12.1. The molecule has 3 aliphatic carbocycles. The van der Waals surface area contributed by atoms with E-state index in [2.05, 4.69) is 79.8 Å². The van der Waals surface area contributed by atoms with E-state index >= 15 is 0 Å². The lowest BCUT2D eigenvalue weighted by Crippen LogP contribution is -2.59. The number of amides is 1. The molecule has 2 saturated heterocycles.